The summed E-state index contributed by atoms with van der Waals surface area (Å²) in [5, 5.41) is 3.18. The van der Waals surface area contributed by atoms with Gasteiger partial charge >= 0.3 is 0 Å². The second kappa shape index (κ2) is 6.62. The molecule has 0 saturated carbocycles. The lowest BCUT2D eigenvalue weighted by Gasteiger charge is -2.07. The Hall–Kier alpha value is -1.33. The predicted molar refractivity (Wildman–Crippen MR) is 94.3 cm³/mol. The molecule has 1 heterocycles. The molecule has 0 saturated heterocycles. The number of halogens is 1. The third-order valence-corrected chi connectivity index (χ3v) is 5.32. The Morgan fingerprint density at radius 1 is 1.24 bits per heavy atom. The fraction of sp³-hybridized carbons (Fsp3) is 0.312. The summed E-state index contributed by atoms with van der Waals surface area (Å²) in [6.45, 7) is 0.705. The van der Waals surface area contributed by atoms with Crippen molar-refractivity contribution in [2.45, 2.75) is 25.7 Å². The highest BCUT2D eigenvalue weighted by atomic mass is 79.9. The maximum Gasteiger partial charge on any atom is 0.193 e. The van der Waals surface area contributed by atoms with E-state index in [4.69, 9.17) is 5.73 Å². The molecule has 21 heavy (non-hydrogen) atoms. The van der Waals surface area contributed by atoms with Crippen LogP contribution in [0.3, 0.4) is 0 Å². The highest BCUT2D eigenvalue weighted by Gasteiger charge is 2.10. The minimum Gasteiger partial charge on any atom is -0.370 e. The number of fused-ring (bicyclic) bond motifs is 1. The van der Waals surface area contributed by atoms with Crippen molar-refractivity contribution in [3.05, 3.63) is 50.1 Å². The van der Waals surface area contributed by atoms with Gasteiger partial charge in [0, 0.05) is 23.5 Å². The first kappa shape index (κ1) is 14.6. The highest BCUT2D eigenvalue weighted by Crippen LogP contribution is 2.25. The molecule has 0 spiro atoms. The topological polar surface area (TPSA) is 50.4 Å². The molecule has 3 N–H and O–H groups in total. The van der Waals surface area contributed by atoms with Gasteiger partial charge in [-0.05, 0) is 70.6 Å². The lowest BCUT2D eigenvalue weighted by atomic mass is 10.1. The van der Waals surface area contributed by atoms with Crippen LogP contribution < -0.4 is 11.1 Å². The van der Waals surface area contributed by atoms with E-state index in [1.165, 1.54) is 35.3 Å². The van der Waals surface area contributed by atoms with Gasteiger partial charge in [0.05, 0.1) is 3.79 Å². The Balaban J connectivity index is 1.55. The van der Waals surface area contributed by atoms with Crippen LogP contribution in [0.25, 0.3) is 0 Å². The van der Waals surface area contributed by atoms with Crippen LogP contribution in [0.5, 0.6) is 0 Å². The van der Waals surface area contributed by atoms with E-state index in [9.17, 15) is 0 Å². The van der Waals surface area contributed by atoms with Crippen molar-refractivity contribution >= 4 is 38.9 Å². The van der Waals surface area contributed by atoms with Gasteiger partial charge in [0.1, 0.15) is 0 Å². The Labute approximate surface area is 137 Å². The normalized spacial score (nSPS) is 14.2. The molecule has 0 unspecified atom stereocenters. The van der Waals surface area contributed by atoms with Gasteiger partial charge in [-0.3, -0.25) is 4.99 Å². The van der Waals surface area contributed by atoms with E-state index >= 15 is 0 Å². The number of thiophene rings is 1. The summed E-state index contributed by atoms with van der Waals surface area (Å²) < 4.78 is 1.16. The smallest absolute Gasteiger partial charge is 0.193 e. The number of aliphatic imine (C=N–C) groups is 1. The summed E-state index contributed by atoms with van der Waals surface area (Å²) in [7, 11) is 0. The molecular formula is C16H18BrN3S. The van der Waals surface area contributed by atoms with E-state index in [0.29, 0.717) is 12.5 Å². The molecule has 0 atom stereocenters. The van der Waals surface area contributed by atoms with Crippen molar-refractivity contribution in [1.29, 1.82) is 0 Å². The van der Waals surface area contributed by atoms with Crippen molar-refractivity contribution in [1.82, 2.24) is 0 Å². The largest absolute Gasteiger partial charge is 0.370 e. The SMILES string of the molecule is NC(=NCCc1ccc(Br)s1)Nc1ccc2c(c1)CCC2. The number of aryl methyl sites for hydroxylation is 2. The number of nitrogens with two attached hydrogens (primary N) is 1. The fourth-order valence-corrected chi connectivity index (χ4v) is 4.08. The summed E-state index contributed by atoms with van der Waals surface area (Å²) in [6, 6.07) is 10.7. The molecular weight excluding hydrogens is 346 g/mol. The molecule has 0 fully saturated rings. The Morgan fingerprint density at radius 2 is 2.10 bits per heavy atom. The Morgan fingerprint density at radius 3 is 2.90 bits per heavy atom. The van der Waals surface area contributed by atoms with Crippen molar-refractivity contribution in [3.8, 4) is 0 Å². The number of rotatable bonds is 4. The molecule has 3 nitrogen and oxygen atoms in total. The van der Waals surface area contributed by atoms with Crippen LogP contribution in [0.4, 0.5) is 5.69 Å². The molecule has 0 radical (unpaired) electrons. The minimum absolute atomic E-state index is 0.489. The number of anilines is 1. The molecule has 2 aromatic rings. The lowest BCUT2D eigenvalue weighted by Crippen LogP contribution is -2.23. The van der Waals surface area contributed by atoms with Gasteiger partial charge in [-0.25, -0.2) is 0 Å². The average Bonchev–Trinajstić information content (AvgIpc) is 3.07. The molecule has 1 aromatic carbocycles. The monoisotopic (exact) mass is 363 g/mol. The van der Waals surface area contributed by atoms with Crippen molar-refractivity contribution < 1.29 is 0 Å². The minimum atomic E-state index is 0.489. The van der Waals surface area contributed by atoms with Crippen LogP contribution in [0, 0.1) is 0 Å². The van der Waals surface area contributed by atoms with Gasteiger partial charge in [0.2, 0.25) is 0 Å². The molecule has 1 aliphatic carbocycles. The number of guanidine groups is 1. The van der Waals surface area contributed by atoms with E-state index in [1.54, 1.807) is 11.3 Å². The molecule has 0 aliphatic heterocycles. The zero-order valence-electron chi connectivity index (χ0n) is 11.7. The summed E-state index contributed by atoms with van der Waals surface area (Å²) in [4.78, 5) is 5.71. The molecule has 110 valence electrons. The third kappa shape index (κ3) is 3.86. The first-order valence-electron chi connectivity index (χ1n) is 7.14. The molecule has 1 aromatic heterocycles. The predicted octanol–water partition coefficient (Wildman–Crippen LogP) is 3.97. The maximum atomic E-state index is 5.95. The maximum absolute atomic E-state index is 5.95. The van der Waals surface area contributed by atoms with Gasteiger partial charge < -0.3 is 11.1 Å². The summed E-state index contributed by atoms with van der Waals surface area (Å²) in [5.74, 6) is 0.489. The first-order valence-corrected chi connectivity index (χ1v) is 8.74. The van der Waals surface area contributed by atoms with E-state index in [0.717, 1.165) is 15.9 Å². The van der Waals surface area contributed by atoms with Gasteiger partial charge in [-0.15, -0.1) is 11.3 Å². The van der Waals surface area contributed by atoms with Crippen molar-refractivity contribution in [3.63, 3.8) is 0 Å². The second-order valence-corrected chi connectivity index (χ2v) is 7.73. The molecule has 0 amide bonds. The number of nitrogens with one attached hydrogen (secondary N) is 1. The van der Waals surface area contributed by atoms with Crippen LogP contribution in [0.2, 0.25) is 0 Å². The summed E-state index contributed by atoms with van der Waals surface area (Å²) in [6.07, 6.45) is 4.56. The lowest BCUT2D eigenvalue weighted by molar-refractivity contribution is 0.912. The van der Waals surface area contributed by atoms with E-state index in [-0.39, 0.29) is 0 Å². The average molecular weight is 364 g/mol. The molecule has 1 aliphatic rings. The number of nitrogens with zero attached hydrogens (tertiary/aromatic N) is 1. The Bertz CT molecular complexity index is 663. The van der Waals surface area contributed by atoms with Crippen LogP contribution >= 0.6 is 27.3 Å². The van der Waals surface area contributed by atoms with Crippen LogP contribution in [0.1, 0.15) is 22.4 Å². The van der Waals surface area contributed by atoms with Gasteiger partial charge in [-0.1, -0.05) is 6.07 Å². The summed E-state index contributed by atoms with van der Waals surface area (Å²) in [5.41, 5.74) is 9.90. The van der Waals surface area contributed by atoms with Gasteiger partial charge in [-0.2, -0.15) is 0 Å². The van der Waals surface area contributed by atoms with Crippen LogP contribution in [-0.2, 0) is 19.3 Å². The zero-order chi connectivity index (χ0) is 14.7. The van der Waals surface area contributed by atoms with E-state index < -0.39 is 0 Å². The summed E-state index contributed by atoms with van der Waals surface area (Å²) >= 11 is 5.21. The van der Waals surface area contributed by atoms with Gasteiger partial charge in [0.25, 0.3) is 0 Å². The quantitative estimate of drug-likeness (QED) is 0.637. The third-order valence-electron chi connectivity index (χ3n) is 3.64. The first-order chi connectivity index (χ1) is 10.2. The van der Waals surface area contributed by atoms with Gasteiger partial charge in [0.15, 0.2) is 5.96 Å². The Kier molecular flexibility index (Phi) is 4.60. The highest BCUT2D eigenvalue weighted by molar-refractivity contribution is 9.11. The molecule has 5 heteroatoms. The van der Waals surface area contributed by atoms with Crippen molar-refractivity contribution in [2.75, 3.05) is 11.9 Å². The van der Waals surface area contributed by atoms with Crippen molar-refractivity contribution in [2.24, 2.45) is 10.7 Å². The molecule has 3 rings (SSSR count). The number of hydrogen-bond acceptors (Lipinski definition) is 2. The fourth-order valence-electron chi connectivity index (χ4n) is 2.61. The van der Waals surface area contributed by atoms with E-state index in [2.05, 4.69) is 56.6 Å². The number of benzene rings is 1. The zero-order valence-corrected chi connectivity index (χ0v) is 14.1. The standard InChI is InChI=1S/C16H18BrN3S/c17-15-7-6-14(21-15)8-9-19-16(18)20-13-5-4-11-2-1-3-12(11)10-13/h4-7,10H,1-3,8-9H2,(H3,18,19,20). The second-order valence-electron chi connectivity index (χ2n) is 5.18. The molecule has 0 bridgehead atoms. The van der Waals surface area contributed by atoms with Crippen LogP contribution in [-0.4, -0.2) is 12.5 Å². The van der Waals surface area contributed by atoms with E-state index in [1.807, 2.05) is 0 Å². The number of hydrogen-bond donors (Lipinski definition) is 2. The van der Waals surface area contributed by atoms with Crippen LogP contribution in [0.15, 0.2) is 39.1 Å².